The molecule has 0 unspecified atom stereocenters. The minimum absolute atomic E-state index is 0.00625. The molecule has 1 spiro atoms. The number of anilines is 1. The van der Waals surface area contributed by atoms with Gasteiger partial charge in [-0.05, 0) is 44.7 Å². The van der Waals surface area contributed by atoms with E-state index in [9.17, 15) is 14.4 Å². The molecule has 3 rings (SSSR count). The number of carbonyl (C=O) groups is 3. The minimum Gasteiger partial charge on any atom is -0.352 e. The van der Waals surface area contributed by atoms with E-state index < -0.39 is 5.54 Å². The molecule has 1 atom stereocenters. The molecule has 2 aliphatic rings. The fraction of sp³-hybridized carbons (Fsp3) is 0.609. The maximum Gasteiger partial charge on any atom is 0.250 e. The Morgan fingerprint density at radius 2 is 1.80 bits per heavy atom. The number of para-hydroxylation sites is 1. The van der Waals surface area contributed by atoms with E-state index in [4.69, 9.17) is 0 Å². The van der Waals surface area contributed by atoms with Crippen molar-refractivity contribution in [3.63, 3.8) is 0 Å². The summed E-state index contributed by atoms with van der Waals surface area (Å²) in [5, 5.41) is 2.95. The summed E-state index contributed by atoms with van der Waals surface area (Å²) < 4.78 is 0. The lowest BCUT2D eigenvalue weighted by Crippen LogP contribution is -2.57. The second-order valence-electron chi connectivity index (χ2n) is 8.45. The molecule has 30 heavy (non-hydrogen) atoms. The largest absolute Gasteiger partial charge is 0.352 e. The van der Waals surface area contributed by atoms with E-state index in [0.717, 1.165) is 18.5 Å². The fourth-order valence-electron chi connectivity index (χ4n) is 4.42. The van der Waals surface area contributed by atoms with Crippen LogP contribution < -0.4 is 10.2 Å². The van der Waals surface area contributed by atoms with Crippen LogP contribution in [-0.4, -0.2) is 65.4 Å². The van der Waals surface area contributed by atoms with Gasteiger partial charge in [-0.1, -0.05) is 32.0 Å². The van der Waals surface area contributed by atoms with Crippen LogP contribution in [0.25, 0.3) is 0 Å². The standard InChI is InChI=1S/C23H34N4O3/c1-4-9-21(29)25-14-12-23(13-15-25)22(30)26(16-20(28)24-18(3)5-2)17-27(23)19-10-7-6-8-11-19/h6-8,10-11,18H,4-5,9,12-17H2,1-3H3,(H,24,28)/t18-/m1/s1. The molecule has 7 nitrogen and oxygen atoms in total. The van der Waals surface area contributed by atoms with Crippen LogP contribution in [0.15, 0.2) is 30.3 Å². The summed E-state index contributed by atoms with van der Waals surface area (Å²) in [7, 11) is 0. The van der Waals surface area contributed by atoms with Gasteiger partial charge in [0.1, 0.15) is 12.1 Å². The maximum absolute atomic E-state index is 13.6. The van der Waals surface area contributed by atoms with Gasteiger partial charge in [-0.15, -0.1) is 0 Å². The monoisotopic (exact) mass is 414 g/mol. The summed E-state index contributed by atoms with van der Waals surface area (Å²) in [6.45, 7) is 7.58. The van der Waals surface area contributed by atoms with Crippen molar-refractivity contribution in [2.75, 3.05) is 31.2 Å². The Hall–Kier alpha value is -2.57. The summed E-state index contributed by atoms with van der Waals surface area (Å²) in [5.74, 6) is 0.0282. The summed E-state index contributed by atoms with van der Waals surface area (Å²) >= 11 is 0. The number of carbonyl (C=O) groups excluding carboxylic acids is 3. The molecule has 0 aromatic heterocycles. The van der Waals surface area contributed by atoms with Gasteiger partial charge in [-0.25, -0.2) is 0 Å². The molecule has 0 saturated carbocycles. The lowest BCUT2D eigenvalue weighted by molar-refractivity contribution is -0.140. The van der Waals surface area contributed by atoms with E-state index in [1.807, 2.05) is 56.0 Å². The highest BCUT2D eigenvalue weighted by Gasteiger charge is 2.54. The third kappa shape index (κ3) is 4.45. The molecule has 2 saturated heterocycles. The van der Waals surface area contributed by atoms with Crippen LogP contribution in [0.2, 0.25) is 0 Å². The lowest BCUT2D eigenvalue weighted by atomic mass is 9.85. The van der Waals surface area contributed by atoms with Gasteiger partial charge >= 0.3 is 0 Å². The number of piperidine rings is 1. The number of benzene rings is 1. The summed E-state index contributed by atoms with van der Waals surface area (Å²) in [4.78, 5) is 44.0. The quantitative estimate of drug-likeness (QED) is 0.744. The number of hydrogen-bond acceptors (Lipinski definition) is 4. The van der Waals surface area contributed by atoms with Gasteiger partial charge < -0.3 is 20.0 Å². The van der Waals surface area contributed by atoms with E-state index in [1.54, 1.807) is 4.90 Å². The van der Waals surface area contributed by atoms with E-state index >= 15 is 0 Å². The first-order valence-electron chi connectivity index (χ1n) is 11.1. The van der Waals surface area contributed by atoms with Gasteiger partial charge in [0.05, 0.1) is 6.67 Å². The molecule has 164 valence electrons. The van der Waals surface area contributed by atoms with Crippen molar-refractivity contribution in [3.05, 3.63) is 30.3 Å². The Morgan fingerprint density at radius 1 is 1.13 bits per heavy atom. The van der Waals surface area contributed by atoms with Crippen molar-refractivity contribution in [2.24, 2.45) is 0 Å². The fourth-order valence-corrected chi connectivity index (χ4v) is 4.42. The Kier molecular flexibility index (Phi) is 7.00. The number of hydrogen-bond donors (Lipinski definition) is 1. The van der Waals surface area contributed by atoms with Crippen molar-refractivity contribution in [3.8, 4) is 0 Å². The zero-order chi connectivity index (χ0) is 21.7. The molecule has 0 radical (unpaired) electrons. The Morgan fingerprint density at radius 3 is 2.40 bits per heavy atom. The second-order valence-corrected chi connectivity index (χ2v) is 8.45. The highest BCUT2D eigenvalue weighted by molar-refractivity contribution is 5.96. The first-order valence-corrected chi connectivity index (χ1v) is 11.1. The van der Waals surface area contributed by atoms with Crippen LogP contribution in [0.3, 0.4) is 0 Å². The summed E-state index contributed by atoms with van der Waals surface area (Å²) in [6, 6.07) is 9.98. The molecule has 1 N–H and O–H groups in total. The first-order chi connectivity index (χ1) is 14.4. The van der Waals surface area contributed by atoms with Crippen LogP contribution >= 0.6 is 0 Å². The van der Waals surface area contributed by atoms with E-state index in [1.165, 1.54) is 0 Å². The first kappa shape index (κ1) is 22.1. The van der Waals surface area contributed by atoms with E-state index in [0.29, 0.717) is 39.0 Å². The summed E-state index contributed by atoms with van der Waals surface area (Å²) in [5.41, 5.74) is 0.282. The zero-order valence-corrected chi connectivity index (χ0v) is 18.4. The summed E-state index contributed by atoms with van der Waals surface area (Å²) in [6.07, 6.45) is 3.39. The van der Waals surface area contributed by atoms with Crippen LogP contribution in [0.5, 0.6) is 0 Å². The van der Waals surface area contributed by atoms with Crippen molar-refractivity contribution in [2.45, 2.75) is 64.5 Å². The number of nitrogens with one attached hydrogen (secondary N) is 1. The average molecular weight is 415 g/mol. The SMILES string of the molecule is CCCC(=O)N1CCC2(CC1)C(=O)N(CC(=O)N[C@H](C)CC)CN2c1ccccc1. The lowest BCUT2D eigenvalue weighted by Gasteiger charge is -2.43. The van der Waals surface area contributed by atoms with Gasteiger partial charge in [-0.3, -0.25) is 14.4 Å². The molecule has 2 fully saturated rings. The number of nitrogens with zero attached hydrogens (tertiary/aromatic N) is 3. The molecule has 2 aliphatic heterocycles. The third-order valence-corrected chi connectivity index (χ3v) is 6.34. The third-order valence-electron chi connectivity index (χ3n) is 6.34. The Balaban J connectivity index is 1.79. The van der Waals surface area contributed by atoms with Crippen molar-refractivity contribution in [1.82, 2.24) is 15.1 Å². The molecule has 0 aliphatic carbocycles. The van der Waals surface area contributed by atoms with Crippen LogP contribution in [0.4, 0.5) is 5.69 Å². The van der Waals surface area contributed by atoms with Gasteiger partial charge in [-0.2, -0.15) is 0 Å². The molecule has 7 heteroatoms. The topological polar surface area (TPSA) is 73.0 Å². The highest BCUT2D eigenvalue weighted by atomic mass is 16.2. The Bertz CT molecular complexity index is 759. The van der Waals surface area contributed by atoms with Gasteiger partial charge in [0.25, 0.3) is 5.91 Å². The highest BCUT2D eigenvalue weighted by Crippen LogP contribution is 2.39. The zero-order valence-electron chi connectivity index (χ0n) is 18.4. The number of amides is 3. The van der Waals surface area contributed by atoms with Crippen LogP contribution in [0.1, 0.15) is 52.9 Å². The van der Waals surface area contributed by atoms with E-state index in [2.05, 4.69) is 10.2 Å². The molecular formula is C23H34N4O3. The van der Waals surface area contributed by atoms with Crippen molar-refractivity contribution in [1.29, 1.82) is 0 Å². The molecule has 3 amide bonds. The number of likely N-dealkylation sites (tertiary alicyclic amines) is 1. The molecule has 1 aromatic rings. The molecule has 1 aromatic carbocycles. The molecule has 0 bridgehead atoms. The van der Waals surface area contributed by atoms with Crippen LogP contribution in [-0.2, 0) is 14.4 Å². The van der Waals surface area contributed by atoms with Crippen molar-refractivity contribution >= 4 is 23.4 Å². The predicted octanol–water partition coefficient (Wildman–Crippen LogP) is 2.37. The van der Waals surface area contributed by atoms with Crippen molar-refractivity contribution < 1.29 is 14.4 Å². The number of rotatable bonds is 7. The predicted molar refractivity (Wildman–Crippen MR) is 117 cm³/mol. The maximum atomic E-state index is 13.6. The molecule has 2 heterocycles. The van der Waals surface area contributed by atoms with Gasteiger partial charge in [0.2, 0.25) is 11.8 Å². The van der Waals surface area contributed by atoms with Crippen LogP contribution in [0, 0.1) is 0 Å². The average Bonchev–Trinajstić information content (AvgIpc) is 3.01. The van der Waals surface area contributed by atoms with Gasteiger partial charge in [0.15, 0.2) is 0 Å². The normalized spacial score (nSPS) is 19.3. The van der Waals surface area contributed by atoms with E-state index in [-0.39, 0.29) is 30.3 Å². The smallest absolute Gasteiger partial charge is 0.250 e. The minimum atomic E-state index is -0.693. The molecular weight excluding hydrogens is 380 g/mol. The Labute approximate surface area is 179 Å². The van der Waals surface area contributed by atoms with Gasteiger partial charge in [0, 0.05) is 31.2 Å². The second kappa shape index (κ2) is 9.49.